The van der Waals surface area contributed by atoms with Gasteiger partial charge in [0.2, 0.25) is 5.91 Å². The number of furan rings is 1. The fraction of sp³-hybridized carbons (Fsp3) is 0.217. The minimum absolute atomic E-state index is 0.165. The van der Waals surface area contributed by atoms with Crippen molar-refractivity contribution in [1.29, 1.82) is 5.26 Å². The van der Waals surface area contributed by atoms with Crippen molar-refractivity contribution in [1.82, 2.24) is 14.8 Å². The van der Waals surface area contributed by atoms with Crippen molar-refractivity contribution in [2.75, 3.05) is 11.1 Å². The maximum Gasteiger partial charge on any atom is 0.235 e. The number of amides is 1. The lowest BCUT2D eigenvalue weighted by atomic mass is 10.1. The third-order valence-electron chi connectivity index (χ3n) is 5.26. The maximum absolute atomic E-state index is 12.7. The number of nitrogens with zero attached hydrogens (tertiary/aromatic N) is 4. The number of thiophene rings is 1. The van der Waals surface area contributed by atoms with Gasteiger partial charge in [0.1, 0.15) is 16.8 Å². The lowest BCUT2D eigenvalue weighted by molar-refractivity contribution is -0.113. The first-order valence-electron chi connectivity index (χ1n) is 10.2. The molecule has 3 heterocycles. The number of benzene rings is 1. The molecule has 1 amide bonds. The van der Waals surface area contributed by atoms with Gasteiger partial charge in [0.25, 0.3) is 0 Å². The van der Waals surface area contributed by atoms with Crippen molar-refractivity contribution < 1.29 is 9.21 Å². The Labute approximate surface area is 193 Å². The lowest BCUT2D eigenvalue weighted by Crippen LogP contribution is -2.15. The van der Waals surface area contributed by atoms with E-state index >= 15 is 0 Å². The summed E-state index contributed by atoms with van der Waals surface area (Å²) in [5.74, 6) is 1.49. The molecular formula is C23H19N5O2S2. The molecule has 0 unspecified atom stereocenters. The lowest BCUT2D eigenvalue weighted by Gasteiger charge is -2.09. The number of hydrogen-bond acceptors (Lipinski definition) is 7. The highest BCUT2D eigenvalue weighted by Gasteiger charge is 2.23. The van der Waals surface area contributed by atoms with Crippen molar-refractivity contribution in [3.05, 3.63) is 70.5 Å². The molecule has 4 aromatic rings. The summed E-state index contributed by atoms with van der Waals surface area (Å²) in [7, 11) is 0. The van der Waals surface area contributed by atoms with E-state index in [0.29, 0.717) is 28.1 Å². The molecule has 0 atom stereocenters. The highest BCUT2D eigenvalue weighted by atomic mass is 32.2. The third kappa shape index (κ3) is 4.07. The number of anilines is 1. The molecule has 0 bridgehead atoms. The number of thioether (sulfide) groups is 1. The summed E-state index contributed by atoms with van der Waals surface area (Å²) in [4.78, 5) is 13.9. The van der Waals surface area contributed by atoms with E-state index in [2.05, 4.69) is 21.6 Å². The molecule has 0 fully saturated rings. The summed E-state index contributed by atoms with van der Waals surface area (Å²) >= 11 is 2.83. The number of nitrogens with one attached hydrogen (secondary N) is 1. The van der Waals surface area contributed by atoms with Crippen LogP contribution in [0, 0.1) is 11.3 Å². The molecule has 5 rings (SSSR count). The summed E-state index contributed by atoms with van der Waals surface area (Å²) in [6.07, 6.45) is 4.61. The number of aromatic nitrogens is 3. The van der Waals surface area contributed by atoms with E-state index in [4.69, 9.17) is 4.42 Å². The molecule has 1 aromatic carbocycles. The molecule has 0 spiro atoms. The Morgan fingerprint density at radius 3 is 2.88 bits per heavy atom. The first-order chi connectivity index (χ1) is 15.7. The molecule has 1 N–H and O–H groups in total. The van der Waals surface area contributed by atoms with Crippen LogP contribution in [-0.2, 0) is 24.2 Å². The molecule has 1 aliphatic carbocycles. The van der Waals surface area contributed by atoms with Gasteiger partial charge >= 0.3 is 0 Å². The molecule has 0 saturated heterocycles. The smallest absolute Gasteiger partial charge is 0.235 e. The first kappa shape index (κ1) is 20.5. The Bertz CT molecular complexity index is 1290. The first-order valence-corrected chi connectivity index (χ1v) is 12.0. The second-order valence-corrected chi connectivity index (χ2v) is 9.40. The van der Waals surface area contributed by atoms with Crippen LogP contribution in [0.15, 0.2) is 58.3 Å². The largest absolute Gasteiger partial charge is 0.467 e. The zero-order valence-electron chi connectivity index (χ0n) is 17.1. The zero-order chi connectivity index (χ0) is 21.9. The molecule has 0 aliphatic heterocycles. The standard InChI is InChI=1S/C23H19N5O2S2/c24-12-18-17-9-4-10-19(17)32-22(18)25-20(29)14-31-23-27-26-21(15-6-2-1-3-7-15)28(23)13-16-8-5-11-30-16/h1-3,5-8,11H,4,9-10,13-14H2,(H,25,29). The van der Waals surface area contributed by atoms with Crippen molar-refractivity contribution in [2.24, 2.45) is 0 Å². The summed E-state index contributed by atoms with van der Waals surface area (Å²) in [6, 6.07) is 15.8. The summed E-state index contributed by atoms with van der Waals surface area (Å²) < 4.78 is 7.47. The van der Waals surface area contributed by atoms with Crippen LogP contribution in [0.1, 0.15) is 28.2 Å². The van der Waals surface area contributed by atoms with E-state index in [0.717, 1.165) is 36.1 Å². The highest BCUT2D eigenvalue weighted by molar-refractivity contribution is 7.99. The number of fused-ring (bicyclic) bond motifs is 1. The van der Waals surface area contributed by atoms with Crippen LogP contribution in [0.2, 0.25) is 0 Å². The summed E-state index contributed by atoms with van der Waals surface area (Å²) in [5, 5.41) is 22.4. The average Bonchev–Trinajstić information content (AvgIpc) is 3.59. The van der Waals surface area contributed by atoms with E-state index in [1.165, 1.54) is 28.0 Å². The minimum Gasteiger partial charge on any atom is -0.467 e. The van der Waals surface area contributed by atoms with E-state index in [9.17, 15) is 10.1 Å². The number of nitriles is 1. The quantitative estimate of drug-likeness (QED) is 0.399. The highest BCUT2D eigenvalue weighted by Crippen LogP contribution is 2.38. The van der Waals surface area contributed by atoms with Gasteiger partial charge in [-0.3, -0.25) is 9.36 Å². The Morgan fingerprint density at radius 1 is 1.22 bits per heavy atom. The fourth-order valence-electron chi connectivity index (χ4n) is 3.80. The second kappa shape index (κ2) is 9.02. The average molecular weight is 462 g/mol. The number of hydrogen-bond donors (Lipinski definition) is 1. The van der Waals surface area contributed by atoms with Gasteiger partial charge in [0, 0.05) is 10.4 Å². The van der Waals surface area contributed by atoms with Crippen LogP contribution < -0.4 is 5.32 Å². The number of carbonyl (C=O) groups is 1. The van der Waals surface area contributed by atoms with Crippen molar-refractivity contribution in [2.45, 2.75) is 31.0 Å². The molecule has 1 aliphatic rings. The van der Waals surface area contributed by atoms with Crippen LogP contribution in [0.5, 0.6) is 0 Å². The second-order valence-electron chi connectivity index (χ2n) is 7.35. The van der Waals surface area contributed by atoms with Gasteiger partial charge < -0.3 is 9.73 Å². The SMILES string of the molecule is N#Cc1c(NC(=O)CSc2nnc(-c3ccccc3)n2Cc2ccco2)sc2c1CCC2. The van der Waals surface area contributed by atoms with Gasteiger partial charge in [-0.2, -0.15) is 5.26 Å². The fourth-order valence-corrected chi connectivity index (χ4v) is 5.79. The van der Waals surface area contributed by atoms with Gasteiger partial charge in [0.05, 0.1) is 24.1 Å². The van der Waals surface area contributed by atoms with Crippen molar-refractivity contribution >= 4 is 34.0 Å². The Hall–Kier alpha value is -3.35. The number of rotatable bonds is 7. The van der Waals surface area contributed by atoms with Crippen LogP contribution in [0.4, 0.5) is 5.00 Å². The molecule has 0 radical (unpaired) electrons. The molecular weight excluding hydrogens is 442 g/mol. The topological polar surface area (TPSA) is 96.7 Å². The number of aryl methyl sites for hydroxylation is 1. The van der Waals surface area contributed by atoms with E-state index in [-0.39, 0.29) is 11.7 Å². The van der Waals surface area contributed by atoms with Crippen molar-refractivity contribution in [3.63, 3.8) is 0 Å². The predicted octanol–water partition coefficient (Wildman–Crippen LogP) is 4.74. The third-order valence-corrected chi connectivity index (χ3v) is 7.44. The molecule has 0 saturated carbocycles. The molecule has 9 heteroatoms. The Kier molecular flexibility index (Phi) is 5.79. The van der Waals surface area contributed by atoms with Crippen LogP contribution in [0.3, 0.4) is 0 Å². The predicted molar refractivity (Wildman–Crippen MR) is 124 cm³/mol. The van der Waals surface area contributed by atoms with Crippen LogP contribution >= 0.6 is 23.1 Å². The van der Waals surface area contributed by atoms with Gasteiger partial charge in [0.15, 0.2) is 11.0 Å². The molecule has 3 aromatic heterocycles. The van der Waals surface area contributed by atoms with Gasteiger partial charge in [-0.1, -0.05) is 42.1 Å². The van der Waals surface area contributed by atoms with Gasteiger partial charge in [-0.25, -0.2) is 0 Å². The normalized spacial score (nSPS) is 12.5. The van der Waals surface area contributed by atoms with Crippen LogP contribution in [-0.4, -0.2) is 26.4 Å². The maximum atomic E-state index is 12.7. The van der Waals surface area contributed by atoms with E-state index in [1.807, 2.05) is 47.0 Å². The molecule has 32 heavy (non-hydrogen) atoms. The molecule has 7 nitrogen and oxygen atoms in total. The van der Waals surface area contributed by atoms with E-state index in [1.54, 1.807) is 6.26 Å². The minimum atomic E-state index is -0.166. The Balaban J connectivity index is 1.34. The van der Waals surface area contributed by atoms with Gasteiger partial charge in [-0.05, 0) is 37.0 Å². The zero-order valence-corrected chi connectivity index (χ0v) is 18.7. The number of carbonyl (C=O) groups excluding carboxylic acids is 1. The van der Waals surface area contributed by atoms with Crippen molar-refractivity contribution in [3.8, 4) is 17.5 Å². The molecule has 160 valence electrons. The summed E-state index contributed by atoms with van der Waals surface area (Å²) in [6.45, 7) is 0.463. The van der Waals surface area contributed by atoms with Crippen LogP contribution in [0.25, 0.3) is 11.4 Å². The van der Waals surface area contributed by atoms with E-state index < -0.39 is 0 Å². The van der Waals surface area contributed by atoms with Gasteiger partial charge in [-0.15, -0.1) is 21.5 Å². The monoisotopic (exact) mass is 461 g/mol. The summed E-state index contributed by atoms with van der Waals surface area (Å²) in [5.41, 5.74) is 2.66. The Morgan fingerprint density at radius 2 is 2.09 bits per heavy atom.